The number of hydrogen-bond acceptors (Lipinski definition) is 4. The van der Waals surface area contributed by atoms with Crippen LogP contribution in [0.1, 0.15) is 38.8 Å². The normalized spacial score (nSPS) is 12.1. The molecule has 0 saturated carbocycles. The predicted octanol–water partition coefficient (Wildman–Crippen LogP) is 1.11. The average molecular weight is 226 g/mol. The molecule has 1 rings (SSSR count). The van der Waals surface area contributed by atoms with E-state index in [0.29, 0.717) is 6.54 Å². The van der Waals surface area contributed by atoms with Crippen molar-refractivity contribution in [1.29, 1.82) is 0 Å². The summed E-state index contributed by atoms with van der Waals surface area (Å²) in [4.78, 5) is 0. The zero-order chi connectivity index (χ0) is 12.2. The van der Waals surface area contributed by atoms with E-state index in [1.165, 1.54) is 0 Å². The molecule has 0 bridgehead atoms. The molecule has 1 aromatic rings. The standard InChI is InChI=1S/C11H22N4O/c1-5-6-15-9(7-11(2,3)16-4)13-14-10(15)8-12/h5-8,12H2,1-4H3. The van der Waals surface area contributed by atoms with E-state index in [-0.39, 0.29) is 5.60 Å². The number of nitrogens with zero attached hydrogens (tertiary/aromatic N) is 3. The summed E-state index contributed by atoms with van der Waals surface area (Å²) in [6, 6.07) is 0. The van der Waals surface area contributed by atoms with E-state index in [0.717, 1.165) is 31.0 Å². The molecule has 5 heteroatoms. The van der Waals surface area contributed by atoms with Crippen molar-refractivity contribution in [2.45, 2.75) is 52.3 Å². The van der Waals surface area contributed by atoms with Crippen LogP contribution in [0.25, 0.3) is 0 Å². The third-order valence-electron chi connectivity index (χ3n) is 2.67. The molecule has 1 heterocycles. The monoisotopic (exact) mass is 226 g/mol. The largest absolute Gasteiger partial charge is 0.378 e. The van der Waals surface area contributed by atoms with Gasteiger partial charge in [-0.05, 0) is 20.3 Å². The Morgan fingerprint density at radius 2 is 1.94 bits per heavy atom. The lowest BCUT2D eigenvalue weighted by Gasteiger charge is -2.22. The first-order chi connectivity index (χ1) is 7.54. The molecule has 0 atom stereocenters. The molecule has 0 fully saturated rings. The highest BCUT2D eigenvalue weighted by Gasteiger charge is 2.22. The molecule has 0 saturated heterocycles. The van der Waals surface area contributed by atoms with Gasteiger partial charge in [-0.3, -0.25) is 0 Å². The molecule has 0 aliphatic carbocycles. The molecule has 92 valence electrons. The van der Waals surface area contributed by atoms with Crippen LogP contribution in [0.5, 0.6) is 0 Å². The van der Waals surface area contributed by atoms with Crippen molar-refractivity contribution in [2.75, 3.05) is 7.11 Å². The van der Waals surface area contributed by atoms with Crippen LogP contribution in [0.2, 0.25) is 0 Å². The van der Waals surface area contributed by atoms with E-state index in [1.54, 1.807) is 7.11 Å². The number of hydrogen-bond donors (Lipinski definition) is 1. The second kappa shape index (κ2) is 5.41. The number of nitrogens with two attached hydrogens (primary N) is 1. The fourth-order valence-electron chi connectivity index (χ4n) is 1.59. The Kier molecular flexibility index (Phi) is 4.44. The lowest BCUT2D eigenvalue weighted by molar-refractivity contribution is 0.0208. The van der Waals surface area contributed by atoms with Gasteiger partial charge in [0.2, 0.25) is 0 Å². The molecule has 16 heavy (non-hydrogen) atoms. The Morgan fingerprint density at radius 3 is 2.44 bits per heavy atom. The molecule has 2 N–H and O–H groups in total. The number of ether oxygens (including phenoxy) is 1. The average Bonchev–Trinajstić information content (AvgIpc) is 2.61. The van der Waals surface area contributed by atoms with Crippen molar-refractivity contribution in [2.24, 2.45) is 5.73 Å². The number of methoxy groups -OCH3 is 1. The quantitative estimate of drug-likeness (QED) is 0.789. The molecular formula is C11H22N4O. The van der Waals surface area contributed by atoms with Crippen LogP contribution in [-0.4, -0.2) is 27.5 Å². The first-order valence-electron chi connectivity index (χ1n) is 5.70. The van der Waals surface area contributed by atoms with E-state index >= 15 is 0 Å². The fourth-order valence-corrected chi connectivity index (χ4v) is 1.59. The minimum Gasteiger partial charge on any atom is -0.378 e. The Balaban J connectivity index is 2.91. The molecule has 0 unspecified atom stereocenters. The summed E-state index contributed by atoms with van der Waals surface area (Å²) in [5, 5.41) is 8.30. The first kappa shape index (κ1) is 13.1. The summed E-state index contributed by atoms with van der Waals surface area (Å²) < 4.78 is 7.50. The van der Waals surface area contributed by atoms with E-state index in [4.69, 9.17) is 10.5 Å². The van der Waals surface area contributed by atoms with Crippen LogP contribution in [0, 0.1) is 0 Å². The summed E-state index contributed by atoms with van der Waals surface area (Å²) in [6.07, 6.45) is 1.79. The van der Waals surface area contributed by atoms with Gasteiger partial charge in [-0.2, -0.15) is 0 Å². The van der Waals surface area contributed by atoms with E-state index in [9.17, 15) is 0 Å². The summed E-state index contributed by atoms with van der Waals surface area (Å²) in [6.45, 7) is 7.56. The zero-order valence-electron chi connectivity index (χ0n) is 10.7. The van der Waals surface area contributed by atoms with Gasteiger partial charge >= 0.3 is 0 Å². The number of rotatable bonds is 6. The third-order valence-corrected chi connectivity index (χ3v) is 2.67. The van der Waals surface area contributed by atoms with Crippen molar-refractivity contribution in [1.82, 2.24) is 14.8 Å². The van der Waals surface area contributed by atoms with Gasteiger partial charge in [0, 0.05) is 20.1 Å². The Hall–Kier alpha value is -0.940. The smallest absolute Gasteiger partial charge is 0.146 e. The third kappa shape index (κ3) is 3.02. The summed E-state index contributed by atoms with van der Waals surface area (Å²) in [5.74, 6) is 1.80. The Labute approximate surface area is 97.0 Å². The van der Waals surface area contributed by atoms with E-state index < -0.39 is 0 Å². The van der Waals surface area contributed by atoms with E-state index in [1.807, 2.05) is 13.8 Å². The van der Waals surface area contributed by atoms with Gasteiger partial charge in [0.05, 0.1) is 12.1 Å². The molecule has 1 aromatic heterocycles. The molecule has 0 amide bonds. The SMILES string of the molecule is CCCn1c(CN)nnc1CC(C)(C)OC. The highest BCUT2D eigenvalue weighted by molar-refractivity contribution is 4.99. The lowest BCUT2D eigenvalue weighted by Crippen LogP contribution is -2.27. The summed E-state index contributed by atoms with van der Waals surface area (Å²) in [5.41, 5.74) is 5.42. The van der Waals surface area contributed by atoms with Gasteiger partial charge < -0.3 is 15.0 Å². The van der Waals surface area contributed by atoms with Gasteiger partial charge in [-0.1, -0.05) is 6.92 Å². The van der Waals surface area contributed by atoms with Crippen molar-refractivity contribution < 1.29 is 4.74 Å². The summed E-state index contributed by atoms with van der Waals surface area (Å²) in [7, 11) is 1.71. The lowest BCUT2D eigenvalue weighted by atomic mass is 10.0. The highest BCUT2D eigenvalue weighted by atomic mass is 16.5. The summed E-state index contributed by atoms with van der Waals surface area (Å²) >= 11 is 0. The first-order valence-corrected chi connectivity index (χ1v) is 5.70. The van der Waals surface area contributed by atoms with Gasteiger partial charge in [0.15, 0.2) is 0 Å². The second-order valence-corrected chi connectivity index (χ2v) is 4.53. The Morgan fingerprint density at radius 1 is 1.31 bits per heavy atom. The zero-order valence-corrected chi connectivity index (χ0v) is 10.7. The van der Waals surface area contributed by atoms with Crippen LogP contribution >= 0.6 is 0 Å². The van der Waals surface area contributed by atoms with Crippen LogP contribution in [0.15, 0.2) is 0 Å². The molecule has 0 spiro atoms. The van der Waals surface area contributed by atoms with Gasteiger partial charge in [-0.25, -0.2) is 0 Å². The van der Waals surface area contributed by atoms with Crippen LogP contribution in [0.4, 0.5) is 0 Å². The van der Waals surface area contributed by atoms with Crippen molar-refractivity contribution >= 4 is 0 Å². The van der Waals surface area contributed by atoms with Crippen LogP contribution < -0.4 is 5.73 Å². The van der Waals surface area contributed by atoms with Crippen LogP contribution in [-0.2, 0) is 24.2 Å². The topological polar surface area (TPSA) is 66.0 Å². The van der Waals surface area contributed by atoms with Crippen molar-refractivity contribution in [3.05, 3.63) is 11.6 Å². The Bertz CT molecular complexity index is 333. The molecular weight excluding hydrogens is 204 g/mol. The minimum atomic E-state index is -0.218. The fraction of sp³-hybridized carbons (Fsp3) is 0.818. The van der Waals surface area contributed by atoms with Gasteiger partial charge in [-0.15, -0.1) is 10.2 Å². The molecule has 5 nitrogen and oxygen atoms in total. The van der Waals surface area contributed by atoms with E-state index in [2.05, 4.69) is 21.7 Å². The predicted molar refractivity (Wildman–Crippen MR) is 63.0 cm³/mol. The maximum Gasteiger partial charge on any atom is 0.146 e. The molecule has 0 aromatic carbocycles. The van der Waals surface area contributed by atoms with Crippen LogP contribution in [0.3, 0.4) is 0 Å². The maximum absolute atomic E-state index is 5.64. The molecule has 0 radical (unpaired) electrons. The minimum absolute atomic E-state index is 0.218. The second-order valence-electron chi connectivity index (χ2n) is 4.53. The molecule has 0 aliphatic heterocycles. The number of aromatic nitrogens is 3. The van der Waals surface area contributed by atoms with Gasteiger partial charge in [0.25, 0.3) is 0 Å². The van der Waals surface area contributed by atoms with Crippen molar-refractivity contribution in [3.8, 4) is 0 Å². The highest BCUT2D eigenvalue weighted by Crippen LogP contribution is 2.15. The molecule has 0 aliphatic rings. The maximum atomic E-state index is 5.64. The van der Waals surface area contributed by atoms with Gasteiger partial charge in [0.1, 0.15) is 11.6 Å². The van der Waals surface area contributed by atoms with Crippen molar-refractivity contribution in [3.63, 3.8) is 0 Å².